The van der Waals surface area contributed by atoms with Crippen molar-refractivity contribution < 1.29 is 23.5 Å². The zero-order chi connectivity index (χ0) is 22.7. The van der Waals surface area contributed by atoms with Gasteiger partial charge in [-0.1, -0.05) is 6.07 Å². The number of ether oxygens (including phenoxy) is 2. The molecule has 10 heteroatoms. The van der Waals surface area contributed by atoms with Gasteiger partial charge in [-0.3, -0.25) is 4.79 Å². The van der Waals surface area contributed by atoms with Crippen molar-refractivity contribution in [3.8, 4) is 22.1 Å². The van der Waals surface area contributed by atoms with Crippen molar-refractivity contribution in [2.45, 2.75) is 0 Å². The van der Waals surface area contributed by atoms with Crippen molar-refractivity contribution in [1.82, 2.24) is 14.8 Å². The van der Waals surface area contributed by atoms with Gasteiger partial charge in [0.15, 0.2) is 5.82 Å². The van der Waals surface area contributed by atoms with E-state index in [-0.39, 0.29) is 22.9 Å². The highest BCUT2D eigenvalue weighted by Gasteiger charge is 2.22. The minimum absolute atomic E-state index is 0.121. The Balaban J connectivity index is 1.72. The molecule has 4 aromatic rings. The first-order valence-electron chi connectivity index (χ1n) is 9.34. The molecule has 2 heterocycles. The third kappa shape index (κ3) is 4.21. The van der Waals surface area contributed by atoms with Gasteiger partial charge in [0.25, 0.3) is 5.91 Å². The Morgan fingerprint density at radius 1 is 1.09 bits per heavy atom. The Morgan fingerprint density at radius 3 is 2.53 bits per heavy atom. The first kappa shape index (κ1) is 21.2. The Hall–Kier alpha value is -4.05. The van der Waals surface area contributed by atoms with Crippen molar-refractivity contribution in [3.05, 3.63) is 77.2 Å². The van der Waals surface area contributed by atoms with Crippen LogP contribution in [0.15, 0.2) is 60.0 Å². The first-order valence-corrected chi connectivity index (χ1v) is 10.2. The van der Waals surface area contributed by atoms with Gasteiger partial charge >= 0.3 is 5.97 Å². The predicted molar refractivity (Wildman–Crippen MR) is 117 cm³/mol. The van der Waals surface area contributed by atoms with E-state index < -0.39 is 11.9 Å². The normalized spacial score (nSPS) is 10.6. The van der Waals surface area contributed by atoms with E-state index in [0.717, 1.165) is 4.88 Å². The maximum Gasteiger partial charge on any atom is 0.340 e. The SMILES string of the molecule is COC(=O)c1cc(OC)ccc1NC(=O)c1nc(-c2cccs2)n(-c2ccc(F)cc2)n1. The number of nitrogens with one attached hydrogen (secondary N) is 1. The number of aromatic nitrogens is 3. The molecule has 0 aliphatic carbocycles. The summed E-state index contributed by atoms with van der Waals surface area (Å²) in [5.41, 5.74) is 0.885. The van der Waals surface area contributed by atoms with E-state index in [0.29, 0.717) is 17.3 Å². The van der Waals surface area contributed by atoms with Crippen LogP contribution in [-0.2, 0) is 4.74 Å². The number of hydrogen-bond acceptors (Lipinski definition) is 7. The summed E-state index contributed by atoms with van der Waals surface area (Å²) in [4.78, 5) is 30.3. The lowest BCUT2D eigenvalue weighted by Gasteiger charge is -2.10. The topological polar surface area (TPSA) is 95.3 Å². The summed E-state index contributed by atoms with van der Waals surface area (Å²) in [6.07, 6.45) is 0. The first-order chi connectivity index (χ1) is 15.5. The van der Waals surface area contributed by atoms with Crippen LogP contribution in [0.4, 0.5) is 10.1 Å². The van der Waals surface area contributed by atoms with Gasteiger partial charge in [0.2, 0.25) is 5.82 Å². The maximum atomic E-state index is 13.4. The number of rotatable bonds is 6. The molecule has 2 aromatic carbocycles. The van der Waals surface area contributed by atoms with Gasteiger partial charge in [0, 0.05) is 0 Å². The molecule has 0 aliphatic heterocycles. The monoisotopic (exact) mass is 452 g/mol. The van der Waals surface area contributed by atoms with Crippen LogP contribution in [0.25, 0.3) is 16.4 Å². The van der Waals surface area contributed by atoms with Gasteiger partial charge < -0.3 is 14.8 Å². The Morgan fingerprint density at radius 2 is 1.88 bits per heavy atom. The zero-order valence-electron chi connectivity index (χ0n) is 17.0. The van der Waals surface area contributed by atoms with Gasteiger partial charge in [-0.05, 0) is 53.9 Å². The van der Waals surface area contributed by atoms with Crippen LogP contribution in [0, 0.1) is 5.82 Å². The molecule has 4 rings (SSSR count). The van der Waals surface area contributed by atoms with Crippen LogP contribution < -0.4 is 10.1 Å². The fourth-order valence-corrected chi connectivity index (χ4v) is 3.65. The molecule has 0 radical (unpaired) electrons. The van der Waals surface area contributed by atoms with Crippen LogP contribution in [0.3, 0.4) is 0 Å². The fourth-order valence-electron chi connectivity index (χ4n) is 2.95. The minimum atomic E-state index is -0.636. The number of carbonyl (C=O) groups excluding carboxylic acids is 2. The Kier molecular flexibility index (Phi) is 5.95. The molecule has 0 spiro atoms. The quantitative estimate of drug-likeness (QED) is 0.441. The van der Waals surface area contributed by atoms with Gasteiger partial charge in [0.05, 0.1) is 36.0 Å². The number of anilines is 1. The fraction of sp³-hybridized carbons (Fsp3) is 0.0909. The summed E-state index contributed by atoms with van der Waals surface area (Å²) in [5, 5.41) is 8.85. The van der Waals surface area contributed by atoms with E-state index in [9.17, 15) is 14.0 Å². The van der Waals surface area contributed by atoms with Gasteiger partial charge in [0.1, 0.15) is 11.6 Å². The van der Waals surface area contributed by atoms with Crippen LogP contribution in [0.5, 0.6) is 5.75 Å². The average molecular weight is 452 g/mol. The largest absolute Gasteiger partial charge is 0.497 e. The summed E-state index contributed by atoms with van der Waals surface area (Å²) in [7, 11) is 2.71. The van der Waals surface area contributed by atoms with Crippen LogP contribution in [0.2, 0.25) is 0 Å². The third-order valence-electron chi connectivity index (χ3n) is 4.50. The van der Waals surface area contributed by atoms with Crippen molar-refractivity contribution in [2.75, 3.05) is 19.5 Å². The van der Waals surface area contributed by atoms with Gasteiger partial charge in [-0.15, -0.1) is 16.4 Å². The number of benzene rings is 2. The van der Waals surface area contributed by atoms with Crippen molar-refractivity contribution in [1.29, 1.82) is 0 Å². The Bertz CT molecular complexity index is 1270. The minimum Gasteiger partial charge on any atom is -0.497 e. The second kappa shape index (κ2) is 8.98. The molecule has 0 saturated carbocycles. The molecule has 0 saturated heterocycles. The van der Waals surface area contributed by atoms with E-state index in [2.05, 4.69) is 15.4 Å². The van der Waals surface area contributed by atoms with E-state index >= 15 is 0 Å². The number of halogens is 1. The standard InChI is InChI=1S/C22H17FN4O4S/c1-30-15-9-10-17(16(12-15)22(29)31-2)24-21(28)19-25-20(18-4-3-11-32-18)27(26-19)14-7-5-13(23)6-8-14/h3-12H,1-2H3,(H,24,28). The number of esters is 1. The molecule has 2 aromatic heterocycles. The smallest absolute Gasteiger partial charge is 0.340 e. The lowest BCUT2D eigenvalue weighted by atomic mass is 10.1. The van der Waals surface area contributed by atoms with Crippen molar-refractivity contribution in [2.24, 2.45) is 0 Å². The molecule has 0 fully saturated rings. The lowest BCUT2D eigenvalue weighted by Crippen LogP contribution is -2.17. The molecule has 0 aliphatic rings. The van der Waals surface area contributed by atoms with Crippen LogP contribution in [-0.4, -0.2) is 40.9 Å². The number of nitrogens with zero attached hydrogens (tertiary/aromatic N) is 3. The molecule has 1 amide bonds. The van der Waals surface area contributed by atoms with Crippen molar-refractivity contribution >= 4 is 28.9 Å². The average Bonchev–Trinajstić information content (AvgIpc) is 3.49. The number of amides is 1. The summed E-state index contributed by atoms with van der Waals surface area (Å²) < 4.78 is 24.8. The molecule has 0 atom stereocenters. The molecule has 162 valence electrons. The van der Waals surface area contributed by atoms with E-state index in [1.807, 2.05) is 17.5 Å². The number of methoxy groups -OCH3 is 2. The summed E-state index contributed by atoms with van der Waals surface area (Å²) in [6, 6.07) is 14.0. The second-order valence-corrected chi connectivity index (χ2v) is 7.43. The maximum absolute atomic E-state index is 13.4. The second-order valence-electron chi connectivity index (χ2n) is 6.48. The molecular formula is C22H17FN4O4S. The number of thiophene rings is 1. The highest BCUT2D eigenvalue weighted by atomic mass is 32.1. The predicted octanol–water partition coefficient (Wildman–Crippen LogP) is 4.18. The van der Waals surface area contributed by atoms with Crippen LogP contribution in [0.1, 0.15) is 21.0 Å². The number of hydrogen-bond donors (Lipinski definition) is 1. The van der Waals surface area contributed by atoms with Gasteiger partial charge in [-0.2, -0.15) is 0 Å². The summed E-state index contributed by atoms with van der Waals surface area (Å²) >= 11 is 1.43. The third-order valence-corrected chi connectivity index (χ3v) is 5.37. The van der Waals surface area contributed by atoms with Crippen LogP contribution >= 0.6 is 11.3 Å². The Labute approximate surface area is 186 Å². The van der Waals surface area contributed by atoms with Gasteiger partial charge in [-0.25, -0.2) is 18.9 Å². The van der Waals surface area contributed by atoms with E-state index in [1.54, 1.807) is 18.2 Å². The highest BCUT2D eigenvalue weighted by Crippen LogP contribution is 2.27. The zero-order valence-corrected chi connectivity index (χ0v) is 17.9. The summed E-state index contributed by atoms with van der Waals surface area (Å²) in [6.45, 7) is 0. The molecule has 1 N–H and O–H groups in total. The molecule has 32 heavy (non-hydrogen) atoms. The molecule has 0 bridgehead atoms. The number of carbonyl (C=O) groups is 2. The molecule has 8 nitrogen and oxygen atoms in total. The van der Waals surface area contributed by atoms with E-state index in [4.69, 9.17) is 9.47 Å². The molecule has 0 unspecified atom stereocenters. The molecular weight excluding hydrogens is 435 g/mol. The van der Waals surface area contributed by atoms with E-state index in [1.165, 1.54) is 54.5 Å². The van der Waals surface area contributed by atoms with Crippen molar-refractivity contribution in [3.63, 3.8) is 0 Å². The lowest BCUT2D eigenvalue weighted by molar-refractivity contribution is 0.0601. The highest BCUT2D eigenvalue weighted by molar-refractivity contribution is 7.13. The summed E-state index contributed by atoms with van der Waals surface area (Å²) in [5.74, 6) is -0.909.